The molecule has 1 saturated carbocycles. The fraction of sp³-hybridized carbons (Fsp3) is 1.00. The smallest absolute Gasteiger partial charge is 0.0240 e. The predicted octanol–water partition coefficient (Wildman–Crippen LogP) is 1.65. The van der Waals surface area contributed by atoms with Crippen LogP contribution in [0.1, 0.15) is 33.6 Å². The quantitative estimate of drug-likeness (QED) is 0.804. The first kappa shape index (κ1) is 14.3. The first-order valence-electron chi connectivity index (χ1n) is 7.61. The molecule has 1 saturated heterocycles. The van der Waals surface area contributed by atoms with Crippen LogP contribution in [-0.4, -0.2) is 62.2 Å². The van der Waals surface area contributed by atoms with Gasteiger partial charge in [0.25, 0.3) is 0 Å². The molecule has 0 bridgehead atoms. The molecule has 1 N–H and O–H groups in total. The Morgan fingerprint density at radius 3 is 2.06 bits per heavy atom. The summed E-state index contributed by atoms with van der Waals surface area (Å²) in [5.41, 5.74) is 0.347. The van der Waals surface area contributed by atoms with E-state index in [2.05, 4.69) is 42.9 Å². The van der Waals surface area contributed by atoms with E-state index >= 15 is 0 Å². The Hall–Kier alpha value is -0.120. The van der Waals surface area contributed by atoms with Crippen molar-refractivity contribution in [2.45, 2.75) is 39.7 Å². The summed E-state index contributed by atoms with van der Waals surface area (Å²) in [5, 5.41) is 3.49. The van der Waals surface area contributed by atoms with Crippen molar-refractivity contribution >= 4 is 0 Å². The highest BCUT2D eigenvalue weighted by atomic mass is 15.3. The van der Waals surface area contributed by atoms with Gasteiger partial charge in [-0.25, -0.2) is 0 Å². The van der Waals surface area contributed by atoms with E-state index in [1.54, 1.807) is 0 Å². The molecule has 0 spiro atoms. The Kier molecular flexibility index (Phi) is 4.68. The molecular weight excluding hydrogens is 222 g/mol. The highest BCUT2D eigenvalue weighted by Crippen LogP contribution is 2.30. The topological polar surface area (TPSA) is 18.5 Å². The third kappa shape index (κ3) is 4.22. The van der Waals surface area contributed by atoms with Crippen molar-refractivity contribution in [3.05, 3.63) is 0 Å². The Bertz CT molecular complexity index is 247. The van der Waals surface area contributed by atoms with Crippen molar-refractivity contribution in [2.24, 2.45) is 11.3 Å². The van der Waals surface area contributed by atoms with Gasteiger partial charge in [-0.2, -0.15) is 0 Å². The Labute approximate surface area is 113 Å². The van der Waals surface area contributed by atoms with Crippen molar-refractivity contribution in [3.63, 3.8) is 0 Å². The molecule has 1 aliphatic carbocycles. The van der Waals surface area contributed by atoms with Gasteiger partial charge in [-0.1, -0.05) is 20.8 Å². The summed E-state index contributed by atoms with van der Waals surface area (Å²) in [6.07, 6.45) is 2.96. The highest BCUT2D eigenvalue weighted by Gasteiger charge is 2.29. The molecule has 3 heteroatoms. The summed E-state index contributed by atoms with van der Waals surface area (Å²) in [5.74, 6) is 1.04. The maximum atomic E-state index is 3.49. The van der Waals surface area contributed by atoms with Gasteiger partial charge in [-0.05, 0) is 31.2 Å². The zero-order valence-electron chi connectivity index (χ0n) is 12.7. The summed E-state index contributed by atoms with van der Waals surface area (Å²) < 4.78 is 0. The summed E-state index contributed by atoms with van der Waals surface area (Å²) >= 11 is 0. The lowest BCUT2D eigenvalue weighted by molar-refractivity contribution is 0.102. The van der Waals surface area contributed by atoms with Gasteiger partial charge in [-0.15, -0.1) is 0 Å². The molecule has 0 radical (unpaired) electrons. The summed E-state index contributed by atoms with van der Waals surface area (Å²) in [6.45, 7) is 14.6. The van der Waals surface area contributed by atoms with E-state index in [1.807, 2.05) is 0 Å². The van der Waals surface area contributed by atoms with Crippen LogP contribution in [0.3, 0.4) is 0 Å². The van der Waals surface area contributed by atoms with E-state index in [0.29, 0.717) is 11.5 Å². The van der Waals surface area contributed by atoms with E-state index in [9.17, 15) is 0 Å². The minimum Gasteiger partial charge on any atom is -0.315 e. The molecule has 1 atom stereocenters. The van der Waals surface area contributed by atoms with Crippen LogP contribution in [0.15, 0.2) is 0 Å². The van der Waals surface area contributed by atoms with Crippen LogP contribution in [0, 0.1) is 11.3 Å². The van der Waals surface area contributed by atoms with Gasteiger partial charge in [-0.3, -0.25) is 4.90 Å². The maximum absolute atomic E-state index is 3.49. The zero-order chi connectivity index (χ0) is 13.2. The highest BCUT2D eigenvalue weighted by molar-refractivity contribution is 4.85. The number of likely N-dealkylation sites (N-methyl/N-ethyl adjacent to an activating group) is 1. The van der Waals surface area contributed by atoms with E-state index < -0.39 is 0 Å². The van der Waals surface area contributed by atoms with Gasteiger partial charge < -0.3 is 10.2 Å². The molecule has 0 aromatic heterocycles. The number of nitrogens with one attached hydrogen (secondary N) is 1. The molecule has 106 valence electrons. The lowest BCUT2D eigenvalue weighted by Crippen LogP contribution is -2.53. The first-order chi connectivity index (χ1) is 8.49. The van der Waals surface area contributed by atoms with E-state index in [1.165, 1.54) is 52.1 Å². The minimum atomic E-state index is 0.347. The molecule has 0 aromatic rings. The van der Waals surface area contributed by atoms with E-state index in [0.717, 1.165) is 5.92 Å². The summed E-state index contributed by atoms with van der Waals surface area (Å²) in [7, 11) is 2.10. The second kappa shape index (κ2) is 5.89. The Morgan fingerprint density at radius 1 is 1.06 bits per heavy atom. The van der Waals surface area contributed by atoms with Gasteiger partial charge >= 0.3 is 0 Å². The summed E-state index contributed by atoms with van der Waals surface area (Å²) in [6, 6.07) is 0.590. The molecule has 1 heterocycles. The van der Waals surface area contributed by atoms with Gasteiger partial charge in [0, 0.05) is 45.3 Å². The maximum Gasteiger partial charge on any atom is 0.0240 e. The fourth-order valence-electron chi connectivity index (χ4n) is 2.88. The van der Waals surface area contributed by atoms with Crippen LogP contribution < -0.4 is 5.32 Å². The average Bonchev–Trinajstić information content (AvgIpc) is 3.10. The first-order valence-corrected chi connectivity index (χ1v) is 7.61. The minimum absolute atomic E-state index is 0.347. The number of rotatable bonds is 5. The van der Waals surface area contributed by atoms with Crippen LogP contribution in [0.25, 0.3) is 0 Å². The van der Waals surface area contributed by atoms with Gasteiger partial charge in [0.1, 0.15) is 0 Å². The lowest BCUT2D eigenvalue weighted by atomic mass is 9.86. The van der Waals surface area contributed by atoms with Crippen molar-refractivity contribution < 1.29 is 0 Å². The van der Waals surface area contributed by atoms with Crippen LogP contribution in [0.4, 0.5) is 0 Å². The van der Waals surface area contributed by atoms with Gasteiger partial charge in [0.05, 0.1) is 0 Å². The molecule has 2 rings (SSSR count). The summed E-state index contributed by atoms with van der Waals surface area (Å²) in [4.78, 5) is 5.30. The number of piperazine rings is 1. The molecule has 1 unspecified atom stereocenters. The Balaban J connectivity index is 1.71. The molecule has 2 fully saturated rings. The number of hydrogen-bond acceptors (Lipinski definition) is 3. The van der Waals surface area contributed by atoms with Crippen molar-refractivity contribution in [3.8, 4) is 0 Å². The van der Waals surface area contributed by atoms with E-state index in [4.69, 9.17) is 0 Å². The predicted molar refractivity (Wildman–Crippen MR) is 77.9 cm³/mol. The lowest BCUT2D eigenvalue weighted by Gasteiger charge is -2.39. The fourth-order valence-corrected chi connectivity index (χ4v) is 2.88. The molecule has 18 heavy (non-hydrogen) atoms. The third-order valence-corrected chi connectivity index (χ3v) is 4.51. The second-order valence-corrected chi connectivity index (χ2v) is 7.25. The van der Waals surface area contributed by atoms with Gasteiger partial charge in [0.15, 0.2) is 0 Å². The molecule has 0 amide bonds. The van der Waals surface area contributed by atoms with Crippen LogP contribution in [0.5, 0.6) is 0 Å². The molecule has 0 aromatic carbocycles. The number of hydrogen-bond donors (Lipinski definition) is 1. The molecule has 2 aliphatic rings. The van der Waals surface area contributed by atoms with Crippen molar-refractivity contribution in [2.75, 3.05) is 46.3 Å². The van der Waals surface area contributed by atoms with Crippen molar-refractivity contribution in [1.29, 1.82) is 0 Å². The van der Waals surface area contributed by atoms with E-state index in [-0.39, 0.29) is 0 Å². The molecule has 1 aliphatic heterocycles. The van der Waals surface area contributed by atoms with Crippen LogP contribution in [0.2, 0.25) is 0 Å². The third-order valence-electron chi connectivity index (χ3n) is 4.51. The zero-order valence-corrected chi connectivity index (χ0v) is 12.7. The standard InChI is InChI=1S/C15H31N3/c1-15(2,3)14(16-4)12-18-9-7-17(8-10-18)11-13-5-6-13/h13-14,16H,5-12H2,1-4H3. The SMILES string of the molecule is CNC(CN1CCN(CC2CC2)CC1)C(C)(C)C. The Morgan fingerprint density at radius 2 is 1.61 bits per heavy atom. The molecular formula is C15H31N3. The number of nitrogens with zero attached hydrogens (tertiary/aromatic N) is 2. The second-order valence-electron chi connectivity index (χ2n) is 7.25. The average molecular weight is 253 g/mol. The van der Waals surface area contributed by atoms with Gasteiger partial charge in [0.2, 0.25) is 0 Å². The van der Waals surface area contributed by atoms with Crippen molar-refractivity contribution in [1.82, 2.24) is 15.1 Å². The monoisotopic (exact) mass is 253 g/mol. The van der Waals surface area contributed by atoms with Crippen LogP contribution >= 0.6 is 0 Å². The molecule has 3 nitrogen and oxygen atoms in total. The largest absolute Gasteiger partial charge is 0.315 e. The normalized spacial score (nSPS) is 25.3. The van der Waals surface area contributed by atoms with Crippen LogP contribution in [-0.2, 0) is 0 Å².